The van der Waals surface area contributed by atoms with E-state index in [1.54, 1.807) is 36.0 Å². The van der Waals surface area contributed by atoms with Crippen LogP contribution < -0.4 is 10.9 Å². The molecule has 0 spiro atoms. The van der Waals surface area contributed by atoms with Crippen LogP contribution in [0.5, 0.6) is 0 Å². The SMILES string of the molecule is Cn1nc(C(=O)NCc2cc3ccccc3[nH]c2=O)cc1-c1ccc(F)cc1. The van der Waals surface area contributed by atoms with Gasteiger partial charge in [0.25, 0.3) is 11.5 Å². The van der Waals surface area contributed by atoms with Crippen molar-refractivity contribution in [1.82, 2.24) is 20.1 Å². The van der Waals surface area contributed by atoms with E-state index in [4.69, 9.17) is 0 Å². The number of aryl methyl sites for hydroxylation is 1. The molecular formula is C21H17FN4O2. The molecule has 0 fully saturated rings. The zero-order chi connectivity index (χ0) is 19.7. The number of H-pyrrole nitrogens is 1. The van der Waals surface area contributed by atoms with Crippen LogP contribution in [0.25, 0.3) is 22.2 Å². The molecule has 0 aliphatic rings. The number of hydrogen-bond acceptors (Lipinski definition) is 3. The molecule has 2 aromatic carbocycles. The quantitative estimate of drug-likeness (QED) is 0.575. The molecule has 0 saturated carbocycles. The number of carbonyl (C=O) groups excluding carboxylic acids is 1. The fraction of sp³-hybridized carbons (Fsp3) is 0.0952. The van der Waals surface area contributed by atoms with Crippen molar-refractivity contribution >= 4 is 16.8 Å². The van der Waals surface area contributed by atoms with E-state index in [-0.39, 0.29) is 23.6 Å². The monoisotopic (exact) mass is 376 g/mol. The lowest BCUT2D eigenvalue weighted by molar-refractivity contribution is 0.0945. The molecule has 0 aliphatic heterocycles. The number of benzene rings is 2. The molecule has 2 aromatic heterocycles. The Bertz CT molecular complexity index is 1230. The molecule has 0 radical (unpaired) electrons. The first-order chi connectivity index (χ1) is 13.5. The van der Waals surface area contributed by atoms with Crippen molar-refractivity contribution in [3.63, 3.8) is 0 Å². The molecule has 0 bridgehead atoms. The Balaban J connectivity index is 1.53. The molecule has 28 heavy (non-hydrogen) atoms. The summed E-state index contributed by atoms with van der Waals surface area (Å²) in [6.45, 7) is 0.0848. The van der Waals surface area contributed by atoms with Crippen LogP contribution in [0.3, 0.4) is 0 Å². The number of pyridine rings is 1. The Hall–Kier alpha value is -3.74. The summed E-state index contributed by atoms with van der Waals surface area (Å²) < 4.78 is 14.7. The molecular weight excluding hydrogens is 359 g/mol. The van der Waals surface area contributed by atoms with Gasteiger partial charge in [-0.05, 0) is 53.4 Å². The Morgan fingerprint density at radius 1 is 1.14 bits per heavy atom. The molecule has 6 nitrogen and oxygen atoms in total. The van der Waals surface area contributed by atoms with Crippen LogP contribution in [-0.4, -0.2) is 20.7 Å². The Labute approximate surface area is 159 Å². The van der Waals surface area contributed by atoms with E-state index in [0.29, 0.717) is 11.3 Å². The highest BCUT2D eigenvalue weighted by Gasteiger charge is 2.14. The van der Waals surface area contributed by atoms with Crippen LogP contribution in [0.1, 0.15) is 16.1 Å². The predicted octanol–water partition coefficient (Wildman–Crippen LogP) is 3.00. The maximum Gasteiger partial charge on any atom is 0.272 e. The highest BCUT2D eigenvalue weighted by atomic mass is 19.1. The summed E-state index contributed by atoms with van der Waals surface area (Å²) in [5.41, 5.74) is 2.62. The average Bonchev–Trinajstić information content (AvgIpc) is 3.08. The van der Waals surface area contributed by atoms with Gasteiger partial charge in [-0.3, -0.25) is 14.3 Å². The minimum Gasteiger partial charge on any atom is -0.346 e. The normalized spacial score (nSPS) is 10.9. The minimum absolute atomic E-state index is 0.0848. The summed E-state index contributed by atoms with van der Waals surface area (Å²) in [5.74, 6) is -0.721. The van der Waals surface area contributed by atoms with Crippen molar-refractivity contribution in [3.05, 3.63) is 88.1 Å². The summed E-state index contributed by atoms with van der Waals surface area (Å²) in [4.78, 5) is 27.5. The molecule has 0 unspecified atom stereocenters. The first-order valence-electron chi connectivity index (χ1n) is 8.70. The summed E-state index contributed by atoms with van der Waals surface area (Å²) in [7, 11) is 1.71. The molecule has 0 saturated heterocycles. The lowest BCUT2D eigenvalue weighted by atomic mass is 10.1. The topological polar surface area (TPSA) is 79.8 Å². The van der Waals surface area contributed by atoms with Crippen LogP contribution >= 0.6 is 0 Å². The largest absolute Gasteiger partial charge is 0.346 e. The van der Waals surface area contributed by atoms with Crippen molar-refractivity contribution < 1.29 is 9.18 Å². The van der Waals surface area contributed by atoms with Crippen molar-refractivity contribution in [2.45, 2.75) is 6.54 Å². The number of halogens is 1. The van der Waals surface area contributed by atoms with Crippen LogP contribution in [0, 0.1) is 5.82 Å². The predicted molar refractivity (Wildman–Crippen MR) is 104 cm³/mol. The maximum atomic E-state index is 13.1. The van der Waals surface area contributed by atoms with Gasteiger partial charge in [0.05, 0.1) is 5.69 Å². The Morgan fingerprint density at radius 3 is 2.68 bits per heavy atom. The number of aromatic nitrogens is 3. The first kappa shape index (κ1) is 17.7. The fourth-order valence-corrected chi connectivity index (χ4v) is 3.06. The summed E-state index contributed by atoms with van der Waals surface area (Å²) in [6.07, 6.45) is 0. The van der Waals surface area contributed by atoms with Gasteiger partial charge in [-0.15, -0.1) is 0 Å². The second kappa shape index (κ2) is 7.11. The van der Waals surface area contributed by atoms with Gasteiger partial charge in [0.1, 0.15) is 5.82 Å². The van der Waals surface area contributed by atoms with E-state index in [0.717, 1.165) is 16.5 Å². The number of nitrogens with zero attached hydrogens (tertiary/aromatic N) is 2. The molecule has 4 rings (SSSR count). The molecule has 0 aliphatic carbocycles. The number of fused-ring (bicyclic) bond motifs is 1. The van der Waals surface area contributed by atoms with Gasteiger partial charge in [0.2, 0.25) is 0 Å². The number of carbonyl (C=O) groups is 1. The molecule has 0 atom stereocenters. The smallest absolute Gasteiger partial charge is 0.272 e. The van der Waals surface area contributed by atoms with E-state index < -0.39 is 5.91 Å². The summed E-state index contributed by atoms with van der Waals surface area (Å²) in [5, 5.41) is 7.84. The summed E-state index contributed by atoms with van der Waals surface area (Å²) in [6, 6.07) is 16.8. The van der Waals surface area contributed by atoms with E-state index in [2.05, 4.69) is 15.4 Å². The van der Waals surface area contributed by atoms with Gasteiger partial charge in [-0.1, -0.05) is 18.2 Å². The first-order valence-corrected chi connectivity index (χ1v) is 8.70. The lowest BCUT2D eigenvalue weighted by Gasteiger charge is -2.04. The second-order valence-corrected chi connectivity index (χ2v) is 6.44. The van der Waals surface area contributed by atoms with Crippen LogP contribution in [0.2, 0.25) is 0 Å². The zero-order valence-electron chi connectivity index (χ0n) is 15.1. The number of para-hydroxylation sites is 1. The standard InChI is InChI=1S/C21H17FN4O2/c1-26-19(13-6-8-16(22)9-7-13)11-18(25-26)21(28)23-12-15-10-14-4-2-3-5-17(14)24-20(15)27/h2-11H,12H2,1H3,(H,23,28)(H,24,27). The van der Waals surface area contributed by atoms with Crippen molar-refractivity contribution in [3.8, 4) is 11.3 Å². The average molecular weight is 376 g/mol. The third kappa shape index (κ3) is 3.42. The minimum atomic E-state index is -0.392. The fourth-order valence-electron chi connectivity index (χ4n) is 3.06. The Morgan fingerprint density at radius 2 is 1.89 bits per heavy atom. The van der Waals surface area contributed by atoms with E-state index in [1.165, 1.54) is 12.1 Å². The van der Waals surface area contributed by atoms with E-state index in [9.17, 15) is 14.0 Å². The van der Waals surface area contributed by atoms with Gasteiger partial charge in [-0.2, -0.15) is 5.10 Å². The van der Waals surface area contributed by atoms with Gasteiger partial charge in [0, 0.05) is 24.7 Å². The molecule has 1 amide bonds. The van der Waals surface area contributed by atoms with Gasteiger partial charge < -0.3 is 10.3 Å². The van der Waals surface area contributed by atoms with Crippen LogP contribution in [-0.2, 0) is 13.6 Å². The Kier molecular flexibility index (Phi) is 4.49. The third-order valence-electron chi connectivity index (χ3n) is 4.52. The highest BCUT2D eigenvalue weighted by molar-refractivity contribution is 5.93. The van der Waals surface area contributed by atoms with Gasteiger partial charge in [-0.25, -0.2) is 4.39 Å². The summed E-state index contributed by atoms with van der Waals surface area (Å²) >= 11 is 0. The number of hydrogen-bond donors (Lipinski definition) is 2. The second-order valence-electron chi connectivity index (χ2n) is 6.44. The van der Waals surface area contributed by atoms with Crippen LogP contribution in [0.4, 0.5) is 4.39 Å². The van der Waals surface area contributed by atoms with Crippen molar-refractivity contribution in [1.29, 1.82) is 0 Å². The van der Waals surface area contributed by atoms with Crippen molar-refractivity contribution in [2.24, 2.45) is 7.05 Å². The highest BCUT2D eigenvalue weighted by Crippen LogP contribution is 2.20. The molecule has 2 N–H and O–H groups in total. The number of nitrogens with one attached hydrogen (secondary N) is 2. The number of rotatable bonds is 4. The maximum absolute atomic E-state index is 13.1. The molecule has 2 heterocycles. The van der Waals surface area contributed by atoms with Gasteiger partial charge in [0.15, 0.2) is 5.69 Å². The third-order valence-corrected chi connectivity index (χ3v) is 4.52. The van der Waals surface area contributed by atoms with Crippen molar-refractivity contribution in [2.75, 3.05) is 0 Å². The zero-order valence-corrected chi connectivity index (χ0v) is 15.1. The van der Waals surface area contributed by atoms with Crippen LogP contribution in [0.15, 0.2) is 65.5 Å². The van der Waals surface area contributed by atoms with E-state index >= 15 is 0 Å². The van der Waals surface area contributed by atoms with Gasteiger partial charge >= 0.3 is 0 Å². The lowest BCUT2D eigenvalue weighted by Crippen LogP contribution is -2.27. The van der Waals surface area contributed by atoms with E-state index in [1.807, 2.05) is 24.3 Å². The molecule has 7 heteroatoms. The number of aromatic amines is 1. The molecule has 140 valence electrons. The molecule has 4 aromatic rings. The number of amides is 1.